The fourth-order valence-corrected chi connectivity index (χ4v) is 3.37. The Hall–Kier alpha value is -3.22. The minimum absolute atomic E-state index is 0.0233. The number of rotatable bonds is 7. The second-order valence-corrected chi connectivity index (χ2v) is 6.91. The van der Waals surface area contributed by atoms with Crippen molar-refractivity contribution >= 4 is 17.7 Å². The van der Waals surface area contributed by atoms with Crippen LogP contribution >= 0.6 is 0 Å². The highest BCUT2D eigenvalue weighted by atomic mass is 19.1. The molecule has 0 bridgehead atoms. The summed E-state index contributed by atoms with van der Waals surface area (Å²) in [5.41, 5.74) is 1.11. The molecule has 1 heterocycles. The highest BCUT2D eigenvalue weighted by Gasteiger charge is 2.32. The zero-order chi connectivity index (χ0) is 20.6. The van der Waals surface area contributed by atoms with Gasteiger partial charge in [0.25, 0.3) is 5.91 Å². The van der Waals surface area contributed by atoms with Crippen LogP contribution < -0.4 is 10.6 Å². The Kier molecular flexibility index (Phi) is 6.94. The van der Waals surface area contributed by atoms with E-state index in [0.717, 1.165) is 18.4 Å². The van der Waals surface area contributed by atoms with Crippen LogP contribution in [0.3, 0.4) is 0 Å². The van der Waals surface area contributed by atoms with Crippen LogP contribution in [0.25, 0.3) is 0 Å². The number of carbonyl (C=O) groups excluding carboxylic acids is 3. The zero-order valence-electron chi connectivity index (χ0n) is 16.1. The molecule has 0 spiro atoms. The van der Waals surface area contributed by atoms with E-state index in [4.69, 9.17) is 0 Å². The van der Waals surface area contributed by atoms with Crippen molar-refractivity contribution in [3.05, 3.63) is 71.5 Å². The Morgan fingerprint density at radius 3 is 2.34 bits per heavy atom. The first-order chi connectivity index (χ1) is 14.1. The lowest BCUT2D eigenvalue weighted by molar-refractivity contribution is -0.142. The molecule has 0 radical (unpaired) electrons. The predicted molar refractivity (Wildman–Crippen MR) is 106 cm³/mol. The van der Waals surface area contributed by atoms with E-state index in [2.05, 4.69) is 10.6 Å². The summed E-state index contributed by atoms with van der Waals surface area (Å²) in [7, 11) is 0. The molecular formula is C22H24FN3O3. The van der Waals surface area contributed by atoms with E-state index in [1.54, 1.807) is 4.90 Å². The Bertz CT molecular complexity index is 855. The van der Waals surface area contributed by atoms with Gasteiger partial charge in [-0.1, -0.05) is 30.3 Å². The molecule has 3 amide bonds. The summed E-state index contributed by atoms with van der Waals surface area (Å²) in [5, 5.41) is 5.49. The molecule has 2 aromatic carbocycles. The van der Waals surface area contributed by atoms with E-state index in [9.17, 15) is 18.8 Å². The second-order valence-electron chi connectivity index (χ2n) is 6.91. The number of piperidine rings is 1. The Labute approximate surface area is 169 Å². The number of amides is 3. The minimum atomic E-state index is -0.684. The van der Waals surface area contributed by atoms with Gasteiger partial charge < -0.3 is 15.5 Å². The summed E-state index contributed by atoms with van der Waals surface area (Å²) < 4.78 is 12.9. The predicted octanol–water partition coefficient (Wildman–Crippen LogP) is 2.43. The van der Waals surface area contributed by atoms with E-state index in [-0.39, 0.29) is 30.8 Å². The van der Waals surface area contributed by atoms with Crippen LogP contribution in [-0.4, -0.2) is 42.3 Å². The number of likely N-dealkylation sites (tertiary alicyclic amines) is 1. The van der Waals surface area contributed by atoms with Gasteiger partial charge in [0.1, 0.15) is 11.9 Å². The van der Waals surface area contributed by atoms with Gasteiger partial charge >= 0.3 is 0 Å². The fraction of sp³-hybridized carbons (Fsp3) is 0.318. The van der Waals surface area contributed by atoms with Crippen LogP contribution in [0.4, 0.5) is 4.39 Å². The first-order valence-corrected chi connectivity index (χ1v) is 9.72. The van der Waals surface area contributed by atoms with Crippen molar-refractivity contribution in [2.75, 3.05) is 19.6 Å². The van der Waals surface area contributed by atoms with Crippen molar-refractivity contribution in [2.45, 2.75) is 25.3 Å². The molecule has 6 nitrogen and oxygen atoms in total. The zero-order valence-corrected chi connectivity index (χ0v) is 16.1. The molecule has 2 N–H and O–H groups in total. The molecule has 2 aromatic rings. The third-order valence-electron chi connectivity index (χ3n) is 4.85. The van der Waals surface area contributed by atoms with Crippen molar-refractivity contribution in [3.8, 4) is 0 Å². The summed E-state index contributed by atoms with van der Waals surface area (Å²) >= 11 is 0. The number of hydrogen-bond acceptors (Lipinski definition) is 3. The van der Waals surface area contributed by atoms with E-state index in [1.807, 2.05) is 30.3 Å². The third kappa shape index (κ3) is 5.40. The van der Waals surface area contributed by atoms with Crippen LogP contribution in [-0.2, 0) is 9.59 Å². The lowest BCUT2D eigenvalue weighted by Crippen LogP contribution is -2.47. The first-order valence-electron chi connectivity index (χ1n) is 9.72. The first kappa shape index (κ1) is 20.5. The van der Waals surface area contributed by atoms with Gasteiger partial charge in [0.2, 0.25) is 11.8 Å². The lowest BCUT2D eigenvalue weighted by Gasteiger charge is -2.34. The molecule has 152 valence electrons. The summed E-state index contributed by atoms with van der Waals surface area (Å²) in [5.74, 6) is -1.05. The van der Waals surface area contributed by atoms with Crippen molar-refractivity contribution in [3.63, 3.8) is 0 Å². The molecule has 3 rings (SSSR count). The number of benzene rings is 2. The maximum absolute atomic E-state index is 12.9. The molecule has 0 aromatic heterocycles. The fourth-order valence-electron chi connectivity index (χ4n) is 3.37. The van der Waals surface area contributed by atoms with Crippen molar-refractivity contribution in [1.82, 2.24) is 15.5 Å². The van der Waals surface area contributed by atoms with Gasteiger partial charge in [-0.2, -0.15) is 0 Å². The summed E-state index contributed by atoms with van der Waals surface area (Å²) in [6.07, 6.45) is 2.16. The van der Waals surface area contributed by atoms with Gasteiger partial charge in [-0.15, -0.1) is 0 Å². The van der Waals surface area contributed by atoms with E-state index in [0.29, 0.717) is 18.5 Å². The molecular weight excluding hydrogens is 373 g/mol. The van der Waals surface area contributed by atoms with Gasteiger partial charge in [0, 0.05) is 31.6 Å². The largest absolute Gasteiger partial charge is 0.352 e. The SMILES string of the molecule is O=C(NCCNC(=O)C(c1ccccc1)N1CCCCC1=O)c1ccc(F)cc1. The number of nitrogens with one attached hydrogen (secondary N) is 2. The van der Waals surface area contributed by atoms with E-state index >= 15 is 0 Å². The topological polar surface area (TPSA) is 78.5 Å². The molecule has 7 heteroatoms. The third-order valence-corrected chi connectivity index (χ3v) is 4.85. The minimum Gasteiger partial charge on any atom is -0.352 e. The highest BCUT2D eigenvalue weighted by Crippen LogP contribution is 2.25. The molecule has 1 unspecified atom stereocenters. The van der Waals surface area contributed by atoms with Gasteiger partial charge in [-0.05, 0) is 42.7 Å². The lowest BCUT2D eigenvalue weighted by atomic mass is 10.0. The van der Waals surface area contributed by atoms with Crippen LogP contribution in [0, 0.1) is 5.82 Å². The summed E-state index contributed by atoms with van der Waals surface area (Å²) in [6.45, 7) is 0.988. The van der Waals surface area contributed by atoms with Crippen LogP contribution in [0.2, 0.25) is 0 Å². The maximum atomic E-state index is 12.9. The number of carbonyl (C=O) groups is 3. The average Bonchev–Trinajstić information content (AvgIpc) is 2.74. The number of nitrogens with zero attached hydrogens (tertiary/aromatic N) is 1. The van der Waals surface area contributed by atoms with Crippen molar-refractivity contribution in [2.24, 2.45) is 0 Å². The Balaban J connectivity index is 1.58. The summed E-state index contributed by atoms with van der Waals surface area (Å²) in [6, 6.07) is 13.8. The van der Waals surface area contributed by atoms with Crippen LogP contribution in [0.5, 0.6) is 0 Å². The van der Waals surface area contributed by atoms with E-state index in [1.165, 1.54) is 24.3 Å². The van der Waals surface area contributed by atoms with Gasteiger partial charge in [-0.25, -0.2) is 4.39 Å². The van der Waals surface area contributed by atoms with Crippen LogP contribution in [0.15, 0.2) is 54.6 Å². The average molecular weight is 397 g/mol. The van der Waals surface area contributed by atoms with Crippen molar-refractivity contribution < 1.29 is 18.8 Å². The van der Waals surface area contributed by atoms with Crippen LogP contribution in [0.1, 0.15) is 41.2 Å². The maximum Gasteiger partial charge on any atom is 0.251 e. The Morgan fingerprint density at radius 1 is 0.966 bits per heavy atom. The smallest absolute Gasteiger partial charge is 0.251 e. The standard InChI is InChI=1S/C22H24FN3O3/c23-18-11-9-17(10-12-18)21(28)24-13-14-25-22(29)20(16-6-2-1-3-7-16)26-15-5-4-8-19(26)27/h1-3,6-7,9-12,20H,4-5,8,13-15H2,(H,24,28)(H,25,29). The Morgan fingerprint density at radius 2 is 1.66 bits per heavy atom. The van der Waals surface area contributed by atoms with Gasteiger partial charge in [-0.3, -0.25) is 14.4 Å². The van der Waals surface area contributed by atoms with Gasteiger partial charge in [0.05, 0.1) is 0 Å². The van der Waals surface area contributed by atoms with Crippen molar-refractivity contribution in [1.29, 1.82) is 0 Å². The summed E-state index contributed by atoms with van der Waals surface area (Å²) in [4.78, 5) is 38.9. The molecule has 1 saturated heterocycles. The quantitative estimate of drug-likeness (QED) is 0.705. The normalized spacial score (nSPS) is 14.9. The second kappa shape index (κ2) is 9.82. The molecule has 1 aliphatic heterocycles. The molecule has 29 heavy (non-hydrogen) atoms. The van der Waals surface area contributed by atoms with E-state index < -0.39 is 11.9 Å². The molecule has 0 aliphatic carbocycles. The van der Waals surface area contributed by atoms with Gasteiger partial charge in [0.15, 0.2) is 0 Å². The number of halogens is 1. The molecule has 1 fully saturated rings. The molecule has 1 aliphatic rings. The number of hydrogen-bond donors (Lipinski definition) is 2. The monoisotopic (exact) mass is 397 g/mol. The molecule has 0 saturated carbocycles. The molecule has 1 atom stereocenters. The highest BCUT2D eigenvalue weighted by molar-refractivity contribution is 5.94.